The van der Waals surface area contributed by atoms with E-state index in [2.05, 4.69) is 0 Å². The summed E-state index contributed by atoms with van der Waals surface area (Å²) in [4.78, 5) is 0. The molecule has 0 amide bonds. The molecule has 0 saturated carbocycles. The lowest BCUT2D eigenvalue weighted by atomic mass is 10.1. The van der Waals surface area contributed by atoms with Gasteiger partial charge in [-0.05, 0) is 19.4 Å². The third kappa shape index (κ3) is 11.8. The van der Waals surface area contributed by atoms with Gasteiger partial charge in [0, 0.05) is 27.4 Å². The van der Waals surface area contributed by atoms with E-state index in [-0.39, 0.29) is 0 Å². The molecule has 0 aromatic carbocycles. The maximum atomic E-state index is 5.69. The third-order valence-electron chi connectivity index (χ3n) is 3.70. The average molecular weight is 306 g/mol. The Balaban J connectivity index is 3.17. The Hall–Kier alpha value is 0.0569. The van der Waals surface area contributed by atoms with Gasteiger partial charge in [0.25, 0.3) is 0 Å². The second-order valence-corrected chi connectivity index (χ2v) is 8.27. The van der Waals surface area contributed by atoms with Crippen molar-refractivity contribution in [3.8, 4) is 0 Å². The van der Waals surface area contributed by atoms with E-state index in [1.54, 1.807) is 14.2 Å². The summed E-state index contributed by atoms with van der Waals surface area (Å²) in [5.41, 5.74) is 5.47. The van der Waals surface area contributed by atoms with E-state index < -0.39 is 8.80 Å². The Morgan fingerprint density at radius 3 is 1.50 bits per heavy atom. The van der Waals surface area contributed by atoms with E-state index in [4.69, 9.17) is 19.0 Å². The van der Waals surface area contributed by atoms with Gasteiger partial charge in [0.05, 0.1) is 0 Å². The minimum Gasteiger partial charge on any atom is -0.377 e. The summed E-state index contributed by atoms with van der Waals surface area (Å²) in [5, 5.41) is 0. The van der Waals surface area contributed by atoms with Gasteiger partial charge in [-0.25, -0.2) is 0 Å². The summed E-state index contributed by atoms with van der Waals surface area (Å²) >= 11 is 0. The molecule has 0 spiro atoms. The molecule has 0 aliphatic carbocycles. The molecule has 0 bridgehead atoms. The van der Waals surface area contributed by atoms with Gasteiger partial charge in [-0.1, -0.05) is 51.4 Å². The van der Waals surface area contributed by atoms with Crippen LogP contribution in [0.5, 0.6) is 0 Å². The van der Waals surface area contributed by atoms with Crippen molar-refractivity contribution in [3.05, 3.63) is 0 Å². The maximum absolute atomic E-state index is 5.69. The molecule has 0 radical (unpaired) electrons. The predicted octanol–water partition coefficient (Wildman–Crippen LogP) is 3.72. The number of unbranched alkanes of at least 4 members (excludes halogenated alkanes) is 9. The van der Waals surface area contributed by atoms with E-state index in [1.165, 1.54) is 57.8 Å². The monoisotopic (exact) mass is 305 g/mol. The molecule has 0 saturated heterocycles. The lowest BCUT2D eigenvalue weighted by Gasteiger charge is -2.21. The molecular weight excluding hydrogens is 270 g/mol. The van der Waals surface area contributed by atoms with Crippen LogP contribution in [-0.4, -0.2) is 36.2 Å². The van der Waals surface area contributed by atoms with Crippen LogP contribution >= 0.6 is 0 Å². The Kier molecular flexibility index (Phi) is 14.1. The van der Waals surface area contributed by atoms with Crippen molar-refractivity contribution in [2.24, 2.45) is 5.73 Å². The van der Waals surface area contributed by atoms with Crippen molar-refractivity contribution in [3.63, 3.8) is 0 Å². The topological polar surface area (TPSA) is 53.7 Å². The van der Waals surface area contributed by atoms with Gasteiger partial charge in [-0.2, -0.15) is 0 Å². The fourth-order valence-corrected chi connectivity index (χ4v) is 3.04. The molecule has 0 heterocycles. The van der Waals surface area contributed by atoms with Gasteiger partial charge in [0.15, 0.2) is 0 Å². The molecule has 0 aromatic rings. The van der Waals surface area contributed by atoms with Crippen molar-refractivity contribution < 1.29 is 13.3 Å². The zero-order chi connectivity index (χ0) is 15.1. The Morgan fingerprint density at radius 2 is 1.10 bits per heavy atom. The molecule has 5 heteroatoms. The zero-order valence-electron chi connectivity index (χ0n) is 13.8. The molecule has 0 aliphatic heterocycles. The van der Waals surface area contributed by atoms with Crippen molar-refractivity contribution in [2.75, 3.05) is 27.4 Å². The molecular formula is C15H35NO3Si. The summed E-state index contributed by atoms with van der Waals surface area (Å²) in [7, 11) is 1.01. The SMILES string of the molecule is CO[Si](C)(OC)OCCCCCCCCCCCCN. The van der Waals surface area contributed by atoms with Crippen LogP contribution in [0.4, 0.5) is 0 Å². The van der Waals surface area contributed by atoms with Crippen LogP contribution in [0.2, 0.25) is 6.55 Å². The van der Waals surface area contributed by atoms with Crippen LogP contribution in [0.15, 0.2) is 0 Å². The summed E-state index contributed by atoms with van der Waals surface area (Å²) in [5.74, 6) is 0. The van der Waals surface area contributed by atoms with Crippen molar-refractivity contribution >= 4 is 8.80 Å². The average Bonchev–Trinajstić information content (AvgIpc) is 2.48. The van der Waals surface area contributed by atoms with E-state index in [9.17, 15) is 0 Å². The normalized spacial score (nSPS) is 12.0. The van der Waals surface area contributed by atoms with Crippen LogP contribution < -0.4 is 5.73 Å². The van der Waals surface area contributed by atoms with E-state index in [0.29, 0.717) is 0 Å². The first kappa shape index (κ1) is 20.1. The molecule has 20 heavy (non-hydrogen) atoms. The van der Waals surface area contributed by atoms with E-state index >= 15 is 0 Å². The molecule has 0 fully saturated rings. The van der Waals surface area contributed by atoms with E-state index in [1.807, 2.05) is 6.55 Å². The third-order valence-corrected chi connectivity index (χ3v) is 5.92. The standard InChI is InChI=1S/C15H35NO3Si/c1-17-20(3,18-2)19-15-13-11-9-7-5-4-6-8-10-12-14-16/h4-16H2,1-3H3. The van der Waals surface area contributed by atoms with Gasteiger partial charge in [0.1, 0.15) is 0 Å². The molecule has 2 N–H and O–H groups in total. The van der Waals surface area contributed by atoms with Crippen LogP contribution in [0.25, 0.3) is 0 Å². The first-order valence-corrected chi connectivity index (χ1v) is 10.4. The molecule has 0 unspecified atom stereocenters. The van der Waals surface area contributed by atoms with Crippen LogP contribution in [0.1, 0.15) is 64.2 Å². The number of hydrogen-bond donors (Lipinski definition) is 1. The lowest BCUT2D eigenvalue weighted by Crippen LogP contribution is -2.40. The second kappa shape index (κ2) is 14.0. The fourth-order valence-electron chi connectivity index (χ4n) is 2.12. The highest BCUT2D eigenvalue weighted by atomic mass is 28.4. The number of hydrogen-bond acceptors (Lipinski definition) is 4. The van der Waals surface area contributed by atoms with Crippen molar-refractivity contribution in [1.82, 2.24) is 0 Å². The molecule has 0 atom stereocenters. The highest BCUT2D eigenvalue weighted by Crippen LogP contribution is 2.12. The first-order valence-electron chi connectivity index (χ1n) is 8.13. The van der Waals surface area contributed by atoms with Crippen LogP contribution in [0.3, 0.4) is 0 Å². The van der Waals surface area contributed by atoms with Gasteiger partial charge >= 0.3 is 8.80 Å². The largest absolute Gasteiger partial charge is 0.497 e. The van der Waals surface area contributed by atoms with Gasteiger partial charge in [0.2, 0.25) is 0 Å². The van der Waals surface area contributed by atoms with Crippen molar-refractivity contribution in [2.45, 2.75) is 70.8 Å². The molecule has 0 aromatic heterocycles. The number of nitrogens with two attached hydrogens (primary N) is 1. The zero-order valence-corrected chi connectivity index (χ0v) is 14.8. The van der Waals surface area contributed by atoms with Crippen LogP contribution in [-0.2, 0) is 13.3 Å². The summed E-state index contributed by atoms with van der Waals surface area (Å²) in [6.07, 6.45) is 12.9. The summed E-state index contributed by atoms with van der Waals surface area (Å²) < 4.78 is 16.2. The summed E-state index contributed by atoms with van der Waals surface area (Å²) in [6.45, 7) is 3.53. The fraction of sp³-hybridized carbons (Fsp3) is 1.00. The van der Waals surface area contributed by atoms with Gasteiger partial charge in [-0.3, -0.25) is 0 Å². The van der Waals surface area contributed by atoms with Crippen LogP contribution in [0, 0.1) is 0 Å². The highest BCUT2D eigenvalue weighted by Gasteiger charge is 2.31. The number of rotatable bonds is 15. The predicted molar refractivity (Wildman–Crippen MR) is 86.8 cm³/mol. The van der Waals surface area contributed by atoms with Gasteiger partial charge in [-0.15, -0.1) is 0 Å². The summed E-state index contributed by atoms with van der Waals surface area (Å²) in [6, 6.07) is 0. The Morgan fingerprint density at radius 1 is 0.700 bits per heavy atom. The highest BCUT2D eigenvalue weighted by molar-refractivity contribution is 6.59. The maximum Gasteiger partial charge on any atom is 0.497 e. The lowest BCUT2D eigenvalue weighted by molar-refractivity contribution is 0.104. The molecule has 0 rings (SSSR count). The molecule has 0 aliphatic rings. The Bertz CT molecular complexity index is 202. The Labute approximate surface area is 126 Å². The molecule has 122 valence electrons. The minimum absolute atomic E-state index is 0.753. The minimum atomic E-state index is -2.30. The quantitative estimate of drug-likeness (QED) is 0.370. The molecule has 4 nitrogen and oxygen atoms in total. The first-order chi connectivity index (χ1) is 9.68. The second-order valence-electron chi connectivity index (χ2n) is 5.44. The van der Waals surface area contributed by atoms with E-state index in [0.717, 1.165) is 19.6 Å². The van der Waals surface area contributed by atoms with Gasteiger partial charge < -0.3 is 19.0 Å². The smallest absolute Gasteiger partial charge is 0.377 e. The van der Waals surface area contributed by atoms with Crippen molar-refractivity contribution in [1.29, 1.82) is 0 Å².